The van der Waals surface area contributed by atoms with Gasteiger partial charge in [0.2, 0.25) is 0 Å². The lowest BCUT2D eigenvalue weighted by molar-refractivity contribution is 0.0989. The summed E-state index contributed by atoms with van der Waals surface area (Å²) in [4.78, 5) is 14.5. The van der Waals surface area contributed by atoms with Crippen LogP contribution < -0.4 is 4.74 Å². The molecule has 0 spiro atoms. The van der Waals surface area contributed by atoms with Crippen molar-refractivity contribution in [3.63, 3.8) is 0 Å². The minimum absolute atomic E-state index is 0.161. The predicted molar refractivity (Wildman–Crippen MR) is 76.2 cm³/mol. The number of carbonyl (C=O) groups is 1. The molecule has 0 unspecified atom stereocenters. The molecule has 3 rings (SSSR count). The fraction of sp³-hybridized carbons (Fsp3) is 0.188. The van der Waals surface area contributed by atoms with E-state index in [0.717, 1.165) is 21.8 Å². The van der Waals surface area contributed by atoms with Crippen molar-refractivity contribution in [1.82, 2.24) is 0 Å². The fourth-order valence-corrected chi connectivity index (χ4v) is 3.28. The van der Waals surface area contributed by atoms with Gasteiger partial charge in [-0.15, -0.1) is 0 Å². The highest BCUT2D eigenvalue weighted by Gasteiger charge is 2.20. The molecule has 0 radical (unpaired) electrons. The number of hydrogen-bond donors (Lipinski definition) is 0. The van der Waals surface area contributed by atoms with Crippen LogP contribution in [-0.4, -0.2) is 12.4 Å². The Morgan fingerprint density at radius 2 is 2.00 bits per heavy atom. The highest BCUT2D eigenvalue weighted by Crippen LogP contribution is 2.38. The molecule has 96 valence electrons. The third-order valence-corrected chi connectivity index (χ3v) is 4.30. The van der Waals surface area contributed by atoms with Crippen molar-refractivity contribution in [3.05, 3.63) is 53.6 Å². The standard InChI is InChI=1S/C16H14O2S/c1-2-18-12-7-8-16-13(10-12)14(17)9-11-5-3-4-6-15(11)19-16/h3-8,10H,2,9H2,1H3. The topological polar surface area (TPSA) is 26.3 Å². The molecule has 0 bridgehead atoms. The molecule has 0 amide bonds. The van der Waals surface area contributed by atoms with Crippen molar-refractivity contribution in [1.29, 1.82) is 0 Å². The van der Waals surface area contributed by atoms with E-state index in [9.17, 15) is 4.79 Å². The van der Waals surface area contributed by atoms with Gasteiger partial charge in [-0.1, -0.05) is 30.0 Å². The maximum absolute atomic E-state index is 12.4. The molecule has 0 aliphatic carbocycles. The van der Waals surface area contributed by atoms with E-state index in [0.29, 0.717) is 13.0 Å². The Balaban J connectivity index is 2.06. The SMILES string of the molecule is CCOc1ccc2c(c1)C(=O)Cc1ccccc1S2. The Labute approximate surface area is 116 Å². The van der Waals surface area contributed by atoms with Gasteiger partial charge in [-0.05, 0) is 36.8 Å². The largest absolute Gasteiger partial charge is 0.494 e. The van der Waals surface area contributed by atoms with Gasteiger partial charge >= 0.3 is 0 Å². The van der Waals surface area contributed by atoms with Gasteiger partial charge in [0, 0.05) is 21.8 Å². The molecule has 2 aromatic rings. The minimum Gasteiger partial charge on any atom is -0.494 e. The Morgan fingerprint density at radius 3 is 2.84 bits per heavy atom. The van der Waals surface area contributed by atoms with E-state index in [-0.39, 0.29) is 5.78 Å². The van der Waals surface area contributed by atoms with E-state index in [2.05, 4.69) is 6.07 Å². The molecule has 0 atom stereocenters. The Bertz CT molecular complexity index is 634. The molecular formula is C16H14O2S. The molecule has 2 aromatic carbocycles. The van der Waals surface area contributed by atoms with Crippen molar-refractivity contribution < 1.29 is 9.53 Å². The zero-order chi connectivity index (χ0) is 13.2. The molecule has 0 N–H and O–H groups in total. The summed E-state index contributed by atoms with van der Waals surface area (Å²) in [6.07, 6.45) is 0.464. The second-order valence-electron chi connectivity index (χ2n) is 4.40. The second-order valence-corrected chi connectivity index (χ2v) is 5.48. The monoisotopic (exact) mass is 270 g/mol. The van der Waals surface area contributed by atoms with Crippen LogP contribution in [-0.2, 0) is 6.42 Å². The Hall–Kier alpha value is -1.74. The number of fused-ring (bicyclic) bond motifs is 2. The summed E-state index contributed by atoms with van der Waals surface area (Å²) >= 11 is 1.66. The van der Waals surface area contributed by atoms with Crippen molar-refractivity contribution in [3.8, 4) is 5.75 Å². The Kier molecular flexibility index (Phi) is 3.30. The summed E-state index contributed by atoms with van der Waals surface area (Å²) in [5.41, 5.74) is 1.87. The zero-order valence-electron chi connectivity index (χ0n) is 10.7. The van der Waals surface area contributed by atoms with E-state index >= 15 is 0 Å². The molecular weight excluding hydrogens is 256 g/mol. The zero-order valence-corrected chi connectivity index (χ0v) is 11.5. The first kappa shape index (κ1) is 12.3. The molecule has 1 aliphatic rings. The van der Waals surface area contributed by atoms with Gasteiger partial charge in [0.05, 0.1) is 6.61 Å². The average Bonchev–Trinajstić information content (AvgIpc) is 2.56. The second kappa shape index (κ2) is 5.10. The fourth-order valence-electron chi connectivity index (χ4n) is 2.21. The maximum Gasteiger partial charge on any atom is 0.168 e. The van der Waals surface area contributed by atoms with Crippen LogP contribution in [0.2, 0.25) is 0 Å². The molecule has 0 fully saturated rings. The summed E-state index contributed by atoms with van der Waals surface area (Å²) in [5, 5.41) is 0. The van der Waals surface area contributed by atoms with Crippen LogP contribution in [0.5, 0.6) is 5.75 Å². The van der Waals surface area contributed by atoms with Gasteiger partial charge in [0.15, 0.2) is 5.78 Å². The van der Waals surface area contributed by atoms with E-state index in [1.807, 2.05) is 43.3 Å². The van der Waals surface area contributed by atoms with Crippen molar-refractivity contribution >= 4 is 17.5 Å². The smallest absolute Gasteiger partial charge is 0.168 e. The molecule has 0 saturated heterocycles. The summed E-state index contributed by atoms with van der Waals surface area (Å²) in [7, 11) is 0. The number of rotatable bonds is 2. The molecule has 0 saturated carbocycles. The summed E-state index contributed by atoms with van der Waals surface area (Å²) in [6.45, 7) is 2.55. The van der Waals surface area contributed by atoms with Crippen LogP contribution >= 0.6 is 11.8 Å². The first-order valence-corrected chi connectivity index (χ1v) is 7.15. The quantitative estimate of drug-likeness (QED) is 0.825. The van der Waals surface area contributed by atoms with Crippen LogP contribution in [0.25, 0.3) is 0 Å². The first-order valence-electron chi connectivity index (χ1n) is 6.33. The highest BCUT2D eigenvalue weighted by atomic mass is 32.2. The molecule has 2 nitrogen and oxygen atoms in total. The third-order valence-electron chi connectivity index (χ3n) is 3.11. The van der Waals surface area contributed by atoms with Crippen LogP contribution in [0.3, 0.4) is 0 Å². The molecule has 0 aromatic heterocycles. The normalized spacial score (nSPS) is 13.4. The number of ether oxygens (including phenoxy) is 1. The summed E-state index contributed by atoms with van der Waals surface area (Å²) in [6, 6.07) is 13.8. The Morgan fingerprint density at radius 1 is 1.16 bits per heavy atom. The minimum atomic E-state index is 0.161. The average molecular weight is 270 g/mol. The predicted octanol–water partition coefficient (Wildman–Crippen LogP) is 3.98. The van der Waals surface area contributed by atoms with Gasteiger partial charge in [-0.3, -0.25) is 4.79 Å². The number of ketones is 1. The lowest BCUT2D eigenvalue weighted by atomic mass is 10.0. The third kappa shape index (κ3) is 2.38. The lowest BCUT2D eigenvalue weighted by Crippen LogP contribution is -2.04. The van der Waals surface area contributed by atoms with Crippen LogP contribution in [0.4, 0.5) is 0 Å². The lowest BCUT2D eigenvalue weighted by Gasteiger charge is -2.08. The number of hydrogen-bond acceptors (Lipinski definition) is 3. The van der Waals surface area contributed by atoms with Crippen molar-refractivity contribution in [2.75, 3.05) is 6.61 Å². The molecule has 1 heterocycles. The number of carbonyl (C=O) groups excluding carboxylic acids is 1. The van der Waals surface area contributed by atoms with E-state index in [1.54, 1.807) is 11.8 Å². The number of Topliss-reactive ketones (excluding diaryl/α,β-unsaturated/α-hetero) is 1. The maximum atomic E-state index is 12.4. The van der Waals surface area contributed by atoms with Gasteiger partial charge in [-0.25, -0.2) is 0 Å². The van der Waals surface area contributed by atoms with Gasteiger partial charge in [0.25, 0.3) is 0 Å². The highest BCUT2D eigenvalue weighted by molar-refractivity contribution is 7.99. The van der Waals surface area contributed by atoms with Gasteiger partial charge < -0.3 is 4.74 Å². The van der Waals surface area contributed by atoms with Crippen molar-refractivity contribution in [2.24, 2.45) is 0 Å². The van der Waals surface area contributed by atoms with Crippen LogP contribution in [0, 0.1) is 0 Å². The first-order chi connectivity index (χ1) is 9.28. The van der Waals surface area contributed by atoms with Gasteiger partial charge in [0.1, 0.15) is 5.75 Å². The van der Waals surface area contributed by atoms with E-state index < -0.39 is 0 Å². The molecule has 1 aliphatic heterocycles. The van der Waals surface area contributed by atoms with Crippen LogP contribution in [0.15, 0.2) is 52.3 Å². The van der Waals surface area contributed by atoms with E-state index in [1.165, 1.54) is 4.90 Å². The van der Waals surface area contributed by atoms with Crippen molar-refractivity contribution in [2.45, 2.75) is 23.1 Å². The number of benzene rings is 2. The van der Waals surface area contributed by atoms with Gasteiger partial charge in [-0.2, -0.15) is 0 Å². The molecule has 3 heteroatoms. The van der Waals surface area contributed by atoms with E-state index in [4.69, 9.17) is 4.74 Å². The molecule has 19 heavy (non-hydrogen) atoms. The van der Waals surface area contributed by atoms with Crippen LogP contribution in [0.1, 0.15) is 22.8 Å². The summed E-state index contributed by atoms with van der Waals surface area (Å²) < 4.78 is 5.48. The summed E-state index contributed by atoms with van der Waals surface area (Å²) in [5.74, 6) is 0.926.